The predicted molar refractivity (Wildman–Crippen MR) is 129 cm³/mol. The van der Waals surface area contributed by atoms with Crippen molar-refractivity contribution in [2.45, 2.75) is 31.2 Å². The molecular formula is C25H26Cl2N4O. The molecule has 166 valence electrons. The van der Waals surface area contributed by atoms with E-state index < -0.39 is 0 Å². The Morgan fingerprint density at radius 2 is 1.81 bits per heavy atom. The van der Waals surface area contributed by atoms with Crippen molar-refractivity contribution in [3.63, 3.8) is 0 Å². The number of carbonyl (C=O) groups excluding carboxylic acids is 1. The van der Waals surface area contributed by atoms with Crippen LogP contribution >= 0.6 is 23.2 Å². The first-order valence-corrected chi connectivity index (χ1v) is 11.5. The Morgan fingerprint density at radius 3 is 2.50 bits per heavy atom. The lowest BCUT2D eigenvalue weighted by atomic mass is 9.71. The van der Waals surface area contributed by atoms with Gasteiger partial charge in [0.2, 0.25) is 5.91 Å². The third-order valence-corrected chi connectivity index (χ3v) is 6.91. The summed E-state index contributed by atoms with van der Waals surface area (Å²) in [4.78, 5) is 25.8. The van der Waals surface area contributed by atoms with Gasteiger partial charge in [0.25, 0.3) is 0 Å². The lowest BCUT2D eigenvalue weighted by molar-refractivity contribution is -0.120. The number of benzene rings is 1. The smallest absolute Gasteiger partial charge is 0.228 e. The number of carbonyl (C=O) groups is 1. The van der Waals surface area contributed by atoms with Crippen LogP contribution in [-0.4, -0.2) is 40.9 Å². The number of hydrogen-bond donors (Lipinski definition) is 0. The van der Waals surface area contributed by atoms with Crippen LogP contribution in [0.5, 0.6) is 0 Å². The maximum absolute atomic E-state index is 12.8. The number of anilines is 1. The number of aromatic nitrogens is 2. The van der Waals surface area contributed by atoms with E-state index in [0.29, 0.717) is 28.8 Å². The van der Waals surface area contributed by atoms with E-state index in [4.69, 9.17) is 23.2 Å². The first kappa shape index (κ1) is 22.7. The molecular weight excluding hydrogens is 443 g/mol. The Hall–Kier alpha value is -2.47. The zero-order valence-corrected chi connectivity index (χ0v) is 19.6. The van der Waals surface area contributed by atoms with Crippen LogP contribution in [0.2, 0.25) is 10.0 Å². The minimum absolute atomic E-state index is 0.0984. The van der Waals surface area contributed by atoms with Crippen LogP contribution in [-0.2, 0) is 16.8 Å². The highest BCUT2D eigenvalue weighted by Crippen LogP contribution is 2.41. The molecule has 1 saturated heterocycles. The van der Waals surface area contributed by atoms with Crippen LogP contribution in [0.1, 0.15) is 30.5 Å². The summed E-state index contributed by atoms with van der Waals surface area (Å²) in [5, 5.41) is 1.07. The van der Waals surface area contributed by atoms with Crippen LogP contribution in [0.15, 0.2) is 67.0 Å². The maximum atomic E-state index is 12.8. The molecule has 0 saturated carbocycles. The number of pyridine rings is 2. The van der Waals surface area contributed by atoms with E-state index in [1.807, 2.05) is 65.7 Å². The van der Waals surface area contributed by atoms with Gasteiger partial charge in [0, 0.05) is 37.3 Å². The Morgan fingerprint density at radius 1 is 1.03 bits per heavy atom. The number of amides is 1. The van der Waals surface area contributed by atoms with Gasteiger partial charge < -0.3 is 4.90 Å². The molecule has 0 N–H and O–H groups in total. The van der Waals surface area contributed by atoms with Crippen LogP contribution in [0.3, 0.4) is 0 Å². The van der Waals surface area contributed by atoms with Gasteiger partial charge in [-0.15, -0.1) is 0 Å². The molecule has 1 aromatic carbocycles. The molecule has 5 nitrogen and oxygen atoms in total. The van der Waals surface area contributed by atoms with E-state index in [1.165, 1.54) is 0 Å². The second kappa shape index (κ2) is 9.99. The van der Waals surface area contributed by atoms with E-state index in [2.05, 4.69) is 21.9 Å². The monoisotopic (exact) mass is 468 g/mol. The van der Waals surface area contributed by atoms with Crippen molar-refractivity contribution in [1.82, 2.24) is 14.9 Å². The summed E-state index contributed by atoms with van der Waals surface area (Å²) >= 11 is 12.6. The number of hydrogen-bond acceptors (Lipinski definition) is 4. The van der Waals surface area contributed by atoms with Gasteiger partial charge in [0.15, 0.2) is 0 Å². The highest BCUT2D eigenvalue weighted by atomic mass is 35.5. The van der Waals surface area contributed by atoms with Gasteiger partial charge in [-0.05, 0) is 68.4 Å². The summed E-state index contributed by atoms with van der Waals surface area (Å²) in [5.41, 5.74) is 1.89. The molecule has 3 aromatic rings. The first-order chi connectivity index (χ1) is 15.5. The number of piperidine rings is 1. The quantitative estimate of drug-likeness (QED) is 0.467. The summed E-state index contributed by atoms with van der Waals surface area (Å²) < 4.78 is 0. The maximum Gasteiger partial charge on any atom is 0.228 e. The van der Waals surface area contributed by atoms with Gasteiger partial charge in [0.1, 0.15) is 5.82 Å². The van der Waals surface area contributed by atoms with Crippen molar-refractivity contribution < 1.29 is 4.79 Å². The second-order valence-corrected chi connectivity index (χ2v) is 9.20. The molecule has 1 amide bonds. The minimum atomic E-state index is -0.252. The average molecular weight is 469 g/mol. The van der Waals surface area contributed by atoms with Crippen molar-refractivity contribution in [2.75, 3.05) is 25.0 Å². The number of halogens is 2. The fourth-order valence-electron chi connectivity index (χ4n) is 4.34. The van der Waals surface area contributed by atoms with E-state index in [-0.39, 0.29) is 11.3 Å². The van der Waals surface area contributed by atoms with E-state index in [1.54, 1.807) is 6.20 Å². The molecule has 3 heterocycles. The molecule has 32 heavy (non-hydrogen) atoms. The molecule has 1 unspecified atom stereocenters. The van der Waals surface area contributed by atoms with Gasteiger partial charge in [-0.1, -0.05) is 41.4 Å². The lowest BCUT2D eigenvalue weighted by Gasteiger charge is -2.43. The standard InChI is InChI=1S/C25H26Cl2N4O/c1-30(17-20-6-2-4-13-28-20)15-12-25(19-8-9-21(26)22(27)16-19)11-10-24(32)31(18-25)23-7-3-5-14-29-23/h2-9,13-14,16H,10-12,15,17-18H2,1H3. The minimum Gasteiger partial charge on any atom is -0.301 e. The van der Waals surface area contributed by atoms with Crippen LogP contribution in [0.4, 0.5) is 5.82 Å². The SMILES string of the molecule is CN(CCC1(c2ccc(Cl)c(Cl)c2)CCC(=O)N(c2ccccn2)C1)Cc1ccccn1. The van der Waals surface area contributed by atoms with Crippen LogP contribution in [0, 0.1) is 0 Å². The molecule has 4 rings (SSSR count). The molecule has 1 fully saturated rings. The highest BCUT2D eigenvalue weighted by molar-refractivity contribution is 6.42. The molecule has 0 bridgehead atoms. The number of nitrogens with zero attached hydrogens (tertiary/aromatic N) is 4. The third-order valence-electron chi connectivity index (χ3n) is 6.17. The van der Waals surface area contributed by atoms with Crippen molar-refractivity contribution in [2.24, 2.45) is 0 Å². The molecule has 1 aliphatic rings. The summed E-state index contributed by atoms with van der Waals surface area (Å²) in [7, 11) is 2.10. The molecule has 0 spiro atoms. The Labute approximate surface area is 199 Å². The van der Waals surface area contributed by atoms with Gasteiger partial charge >= 0.3 is 0 Å². The normalized spacial score (nSPS) is 18.9. The Kier molecular flexibility index (Phi) is 7.09. The molecule has 1 aliphatic heterocycles. The summed E-state index contributed by atoms with van der Waals surface area (Å²) in [5.74, 6) is 0.782. The highest BCUT2D eigenvalue weighted by Gasteiger charge is 2.41. The Bertz CT molecular complexity index is 1060. The fourth-order valence-corrected chi connectivity index (χ4v) is 4.63. The lowest BCUT2D eigenvalue weighted by Crippen LogP contribution is -2.50. The van der Waals surface area contributed by atoms with Crippen molar-refractivity contribution in [3.8, 4) is 0 Å². The van der Waals surface area contributed by atoms with Gasteiger partial charge in [-0.2, -0.15) is 0 Å². The van der Waals surface area contributed by atoms with E-state index in [9.17, 15) is 4.79 Å². The summed E-state index contributed by atoms with van der Waals surface area (Å²) in [6.45, 7) is 2.17. The summed E-state index contributed by atoms with van der Waals surface area (Å²) in [6.07, 6.45) is 5.62. The molecule has 0 radical (unpaired) electrons. The predicted octanol–water partition coefficient (Wildman–Crippen LogP) is 5.37. The zero-order valence-electron chi connectivity index (χ0n) is 18.0. The van der Waals surface area contributed by atoms with Gasteiger partial charge in [-0.25, -0.2) is 4.98 Å². The van der Waals surface area contributed by atoms with E-state index >= 15 is 0 Å². The van der Waals surface area contributed by atoms with Gasteiger partial charge in [-0.3, -0.25) is 14.7 Å². The molecule has 7 heteroatoms. The van der Waals surface area contributed by atoms with Crippen LogP contribution in [0.25, 0.3) is 0 Å². The summed E-state index contributed by atoms with van der Waals surface area (Å²) in [6, 6.07) is 17.5. The Balaban J connectivity index is 1.61. The topological polar surface area (TPSA) is 49.3 Å². The van der Waals surface area contributed by atoms with Crippen molar-refractivity contribution in [1.29, 1.82) is 0 Å². The third kappa shape index (κ3) is 5.12. The first-order valence-electron chi connectivity index (χ1n) is 10.7. The molecule has 0 aliphatic carbocycles. The van der Waals surface area contributed by atoms with E-state index in [0.717, 1.165) is 37.2 Å². The van der Waals surface area contributed by atoms with Crippen molar-refractivity contribution in [3.05, 3.63) is 88.3 Å². The van der Waals surface area contributed by atoms with Crippen molar-refractivity contribution >= 4 is 34.9 Å². The van der Waals surface area contributed by atoms with Crippen LogP contribution < -0.4 is 4.90 Å². The fraction of sp³-hybridized carbons (Fsp3) is 0.320. The number of rotatable bonds is 7. The zero-order chi connectivity index (χ0) is 22.6. The average Bonchev–Trinajstić information content (AvgIpc) is 2.82. The van der Waals surface area contributed by atoms with Gasteiger partial charge in [0.05, 0.1) is 15.7 Å². The molecule has 1 atom stereocenters. The molecule has 2 aromatic heterocycles. The second-order valence-electron chi connectivity index (χ2n) is 8.39. The largest absolute Gasteiger partial charge is 0.301 e.